The van der Waals surface area contributed by atoms with Gasteiger partial charge in [-0.3, -0.25) is 0 Å². The standard InChI is InChI=1S/C19H20O3.C3H8/c1-13-18(14(2)22-19(13)20)16-8-10-17(11-9-16)21-12-15-6-4-3-5-7-15;1-3-2/h4,6-11,14H,3,5,12H2,1-2H3;3H2,1-2H3. The van der Waals surface area contributed by atoms with Crippen LogP contribution in [0.3, 0.4) is 0 Å². The zero-order valence-electron chi connectivity index (χ0n) is 15.7. The minimum atomic E-state index is -0.223. The zero-order chi connectivity index (χ0) is 18.2. The van der Waals surface area contributed by atoms with E-state index in [1.165, 1.54) is 12.0 Å². The quantitative estimate of drug-likeness (QED) is 0.681. The Morgan fingerprint density at radius 3 is 2.36 bits per heavy atom. The maximum atomic E-state index is 11.6. The molecule has 3 nitrogen and oxygen atoms in total. The number of carbonyl (C=O) groups excluding carboxylic acids is 1. The molecule has 2 aliphatic rings. The first-order valence-corrected chi connectivity index (χ1v) is 9.07. The highest BCUT2D eigenvalue weighted by molar-refractivity contribution is 6.02. The van der Waals surface area contributed by atoms with Crippen LogP contribution in [0, 0.1) is 0 Å². The third-order valence-electron chi connectivity index (χ3n) is 4.04. The van der Waals surface area contributed by atoms with Crippen LogP contribution in [0.25, 0.3) is 5.57 Å². The number of cyclic esters (lactones) is 1. The maximum Gasteiger partial charge on any atom is 0.334 e. The highest BCUT2D eigenvalue weighted by Gasteiger charge is 2.28. The number of benzene rings is 1. The summed E-state index contributed by atoms with van der Waals surface area (Å²) in [5.74, 6) is 0.610. The average molecular weight is 340 g/mol. The van der Waals surface area contributed by atoms with E-state index in [1.807, 2.05) is 38.1 Å². The lowest BCUT2D eigenvalue weighted by Crippen LogP contribution is -2.05. The van der Waals surface area contributed by atoms with E-state index in [0.29, 0.717) is 12.2 Å². The van der Waals surface area contributed by atoms with Crippen LogP contribution in [-0.4, -0.2) is 18.7 Å². The van der Waals surface area contributed by atoms with Gasteiger partial charge in [0.25, 0.3) is 0 Å². The number of allylic oxidation sites excluding steroid dienone is 2. The highest BCUT2D eigenvalue weighted by Crippen LogP contribution is 2.32. The second-order valence-electron chi connectivity index (χ2n) is 6.37. The summed E-state index contributed by atoms with van der Waals surface area (Å²) in [5, 5.41) is 0. The molecular formula is C22H28O3. The molecular weight excluding hydrogens is 312 g/mol. The summed E-state index contributed by atoms with van der Waals surface area (Å²) in [6.07, 6.45) is 9.78. The normalized spacial score (nSPS) is 19.1. The fourth-order valence-corrected chi connectivity index (χ4v) is 2.85. The van der Waals surface area contributed by atoms with Gasteiger partial charge in [-0.25, -0.2) is 4.79 Å². The van der Waals surface area contributed by atoms with Crippen LogP contribution in [0.5, 0.6) is 5.75 Å². The lowest BCUT2D eigenvalue weighted by molar-refractivity contribution is -0.138. The number of ether oxygens (including phenoxy) is 2. The van der Waals surface area contributed by atoms with Crippen molar-refractivity contribution in [2.24, 2.45) is 0 Å². The lowest BCUT2D eigenvalue weighted by atomic mass is 9.98. The summed E-state index contributed by atoms with van der Waals surface area (Å²) in [6.45, 7) is 8.55. The van der Waals surface area contributed by atoms with Gasteiger partial charge >= 0.3 is 5.97 Å². The Morgan fingerprint density at radius 1 is 1.16 bits per heavy atom. The van der Waals surface area contributed by atoms with Crippen molar-refractivity contribution in [3.63, 3.8) is 0 Å². The smallest absolute Gasteiger partial charge is 0.334 e. The first-order chi connectivity index (χ1) is 12.1. The fourth-order valence-electron chi connectivity index (χ4n) is 2.85. The Hall–Kier alpha value is -2.29. The Labute approximate surface area is 151 Å². The number of hydrogen-bond donors (Lipinski definition) is 0. The molecule has 0 saturated carbocycles. The molecule has 3 heteroatoms. The van der Waals surface area contributed by atoms with Gasteiger partial charge in [-0.05, 0) is 50.0 Å². The Balaban J connectivity index is 0.000000701. The van der Waals surface area contributed by atoms with Gasteiger partial charge in [-0.1, -0.05) is 50.6 Å². The van der Waals surface area contributed by atoms with Crippen LogP contribution < -0.4 is 4.74 Å². The summed E-state index contributed by atoms with van der Waals surface area (Å²) in [4.78, 5) is 11.6. The monoisotopic (exact) mass is 340 g/mol. The number of rotatable bonds is 4. The van der Waals surface area contributed by atoms with Crippen LogP contribution in [0.4, 0.5) is 0 Å². The summed E-state index contributed by atoms with van der Waals surface area (Å²) in [7, 11) is 0. The van der Waals surface area contributed by atoms with E-state index < -0.39 is 0 Å². The van der Waals surface area contributed by atoms with Gasteiger partial charge in [0.05, 0.1) is 0 Å². The van der Waals surface area contributed by atoms with E-state index in [9.17, 15) is 4.79 Å². The van der Waals surface area contributed by atoms with Crippen molar-refractivity contribution in [1.82, 2.24) is 0 Å². The molecule has 0 fully saturated rings. The molecule has 1 aliphatic carbocycles. The van der Waals surface area contributed by atoms with Crippen LogP contribution in [0.2, 0.25) is 0 Å². The summed E-state index contributed by atoms with van der Waals surface area (Å²) in [6, 6.07) is 7.85. The van der Waals surface area contributed by atoms with E-state index in [-0.39, 0.29) is 12.1 Å². The van der Waals surface area contributed by atoms with Crippen molar-refractivity contribution >= 4 is 11.5 Å². The molecule has 25 heavy (non-hydrogen) atoms. The predicted molar refractivity (Wildman–Crippen MR) is 103 cm³/mol. The SMILES string of the molecule is CC1=C(c2ccc(OCC3=CCCC=C3)cc2)C(C)OC1=O.CCC. The fraction of sp³-hybridized carbons (Fsp3) is 0.409. The third kappa shape index (κ3) is 5.09. The van der Waals surface area contributed by atoms with E-state index in [1.54, 1.807) is 0 Å². The second-order valence-corrected chi connectivity index (χ2v) is 6.37. The molecule has 1 unspecified atom stereocenters. The van der Waals surface area contributed by atoms with Crippen molar-refractivity contribution < 1.29 is 14.3 Å². The second kappa shape index (κ2) is 9.26. The molecule has 1 aromatic carbocycles. The van der Waals surface area contributed by atoms with Crippen LogP contribution >= 0.6 is 0 Å². The molecule has 0 bridgehead atoms. The highest BCUT2D eigenvalue weighted by atomic mass is 16.5. The number of esters is 1. The molecule has 0 saturated heterocycles. The lowest BCUT2D eigenvalue weighted by Gasteiger charge is -2.12. The van der Waals surface area contributed by atoms with Crippen molar-refractivity contribution in [2.45, 2.75) is 53.1 Å². The Bertz CT molecular complexity index is 678. The summed E-state index contributed by atoms with van der Waals surface area (Å²) >= 11 is 0. The first-order valence-electron chi connectivity index (χ1n) is 9.07. The molecule has 0 spiro atoms. The molecule has 0 amide bonds. The topological polar surface area (TPSA) is 35.5 Å². The molecule has 0 aromatic heterocycles. The van der Waals surface area contributed by atoms with E-state index in [4.69, 9.17) is 9.47 Å². The van der Waals surface area contributed by atoms with E-state index in [2.05, 4.69) is 32.1 Å². The van der Waals surface area contributed by atoms with E-state index >= 15 is 0 Å². The number of carbonyl (C=O) groups is 1. The first kappa shape index (κ1) is 19.0. The maximum absolute atomic E-state index is 11.6. The van der Waals surface area contributed by atoms with Crippen LogP contribution in [-0.2, 0) is 9.53 Å². The molecule has 1 heterocycles. The molecule has 134 valence electrons. The van der Waals surface area contributed by atoms with Crippen LogP contribution in [0.15, 0.2) is 53.6 Å². The number of hydrogen-bond acceptors (Lipinski definition) is 3. The molecule has 3 rings (SSSR count). The van der Waals surface area contributed by atoms with Gasteiger partial charge in [0, 0.05) is 11.1 Å². The zero-order valence-corrected chi connectivity index (χ0v) is 15.7. The van der Waals surface area contributed by atoms with Gasteiger partial charge in [0.1, 0.15) is 18.5 Å². The minimum absolute atomic E-state index is 0.184. The van der Waals surface area contributed by atoms with Crippen molar-refractivity contribution in [1.29, 1.82) is 0 Å². The molecule has 0 radical (unpaired) electrons. The Morgan fingerprint density at radius 2 is 1.84 bits per heavy atom. The van der Waals surface area contributed by atoms with Crippen LogP contribution in [0.1, 0.15) is 52.5 Å². The Kier molecular flexibility index (Phi) is 7.05. The molecule has 0 N–H and O–H groups in total. The van der Waals surface area contributed by atoms with Gasteiger partial charge < -0.3 is 9.47 Å². The van der Waals surface area contributed by atoms with E-state index in [0.717, 1.165) is 29.7 Å². The van der Waals surface area contributed by atoms with Crippen molar-refractivity contribution in [3.8, 4) is 5.75 Å². The summed E-state index contributed by atoms with van der Waals surface area (Å²) in [5.41, 5.74) is 3.89. The largest absolute Gasteiger partial charge is 0.489 e. The minimum Gasteiger partial charge on any atom is -0.489 e. The van der Waals surface area contributed by atoms with Crippen molar-refractivity contribution in [2.75, 3.05) is 6.61 Å². The van der Waals surface area contributed by atoms with Gasteiger partial charge in [0.15, 0.2) is 0 Å². The van der Waals surface area contributed by atoms with Gasteiger partial charge in [-0.2, -0.15) is 0 Å². The average Bonchev–Trinajstić information content (AvgIpc) is 2.87. The molecule has 1 atom stereocenters. The van der Waals surface area contributed by atoms with Gasteiger partial charge in [0.2, 0.25) is 0 Å². The van der Waals surface area contributed by atoms with Gasteiger partial charge in [-0.15, -0.1) is 0 Å². The molecule has 1 aromatic rings. The predicted octanol–water partition coefficient (Wildman–Crippen LogP) is 5.48. The van der Waals surface area contributed by atoms with Crippen molar-refractivity contribution in [3.05, 3.63) is 59.2 Å². The molecule has 1 aliphatic heterocycles. The summed E-state index contributed by atoms with van der Waals surface area (Å²) < 4.78 is 11.0. The third-order valence-corrected chi connectivity index (χ3v) is 4.04.